The van der Waals surface area contributed by atoms with E-state index in [-0.39, 0.29) is 18.4 Å². The van der Waals surface area contributed by atoms with Gasteiger partial charge >= 0.3 is 0 Å². The molecule has 0 saturated carbocycles. The minimum Gasteiger partial charge on any atom is -0.454 e. The van der Waals surface area contributed by atoms with Crippen molar-refractivity contribution in [2.75, 3.05) is 17.4 Å². The number of thiazole rings is 1. The molecular formula is C17H11Cl2N3O3S. The van der Waals surface area contributed by atoms with Crippen LogP contribution in [0.15, 0.2) is 41.8 Å². The molecule has 3 aromatic rings. The standard InChI is InChI=1S/C17H11Cl2N3O3S/c18-9-3-10(19)5-12(4-9)20-16(23)13-7-26-17(22-13)21-11-1-2-14-15(6-11)25-8-24-14/h1-7H,8H2,(H,20,23)(H,21,22). The molecule has 6 nitrogen and oxygen atoms in total. The van der Waals surface area contributed by atoms with E-state index in [4.69, 9.17) is 32.7 Å². The summed E-state index contributed by atoms with van der Waals surface area (Å²) in [7, 11) is 0. The lowest BCUT2D eigenvalue weighted by molar-refractivity contribution is 0.102. The van der Waals surface area contributed by atoms with E-state index in [2.05, 4.69) is 15.6 Å². The molecule has 0 spiro atoms. The Kier molecular flexibility index (Phi) is 4.58. The van der Waals surface area contributed by atoms with Crippen LogP contribution in [0, 0.1) is 0 Å². The molecule has 132 valence electrons. The lowest BCUT2D eigenvalue weighted by Gasteiger charge is -2.05. The Labute approximate surface area is 162 Å². The summed E-state index contributed by atoms with van der Waals surface area (Å²) in [6, 6.07) is 10.3. The Bertz CT molecular complexity index is 973. The number of aromatic nitrogens is 1. The van der Waals surface area contributed by atoms with Crippen LogP contribution in [0.1, 0.15) is 10.5 Å². The van der Waals surface area contributed by atoms with Crippen LogP contribution in [0.5, 0.6) is 11.5 Å². The summed E-state index contributed by atoms with van der Waals surface area (Å²) in [5, 5.41) is 8.99. The predicted molar refractivity (Wildman–Crippen MR) is 102 cm³/mol. The first-order chi connectivity index (χ1) is 12.6. The van der Waals surface area contributed by atoms with Gasteiger partial charge in [-0.05, 0) is 30.3 Å². The van der Waals surface area contributed by atoms with Crippen molar-refractivity contribution in [1.82, 2.24) is 4.98 Å². The summed E-state index contributed by atoms with van der Waals surface area (Å²) in [6.07, 6.45) is 0. The highest BCUT2D eigenvalue weighted by Gasteiger charge is 2.15. The second-order valence-corrected chi connectivity index (χ2v) is 7.07. The van der Waals surface area contributed by atoms with E-state index in [1.165, 1.54) is 11.3 Å². The van der Waals surface area contributed by atoms with Crippen LogP contribution in [-0.4, -0.2) is 17.7 Å². The molecule has 1 aliphatic heterocycles. The Balaban J connectivity index is 1.46. The van der Waals surface area contributed by atoms with Crippen molar-refractivity contribution in [3.8, 4) is 11.5 Å². The van der Waals surface area contributed by atoms with Crippen molar-refractivity contribution in [3.05, 3.63) is 57.5 Å². The molecule has 1 aromatic heterocycles. The monoisotopic (exact) mass is 407 g/mol. The minimum absolute atomic E-state index is 0.216. The highest BCUT2D eigenvalue weighted by atomic mass is 35.5. The van der Waals surface area contributed by atoms with Crippen molar-refractivity contribution in [2.24, 2.45) is 0 Å². The molecule has 26 heavy (non-hydrogen) atoms. The molecule has 2 aromatic carbocycles. The van der Waals surface area contributed by atoms with Crippen molar-refractivity contribution in [1.29, 1.82) is 0 Å². The molecule has 0 unspecified atom stereocenters. The van der Waals surface area contributed by atoms with E-state index in [1.54, 1.807) is 23.6 Å². The third kappa shape index (κ3) is 3.70. The third-order valence-corrected chi connectivity index (χ3v) is 4.68. The third-order valence-electron chi connectivity index (χ3n) is 3.48. The van der Waals surface area contributed by atoms with Gasteiger partial charge in [0.25, 0.3) is 5.91 Å². The van der Waals surface area contributed by atoms with Crippen LogP contribution >= 0.6 is 34.5 Å². The Morgan fingerprint density at radius 2 is 1.81 bits per heavy atom. The van der Waals surface area contributed by atoms with E-state index in [0.29, 0.717) is 32.4 Å². The fraction of sp³-hybridized carbons (Fsp3) is 0.0588. The summed E-state index contributed by atoms with van der Waals surface area (Å²) in [5.74, 6) is 1.02. The largest absolute Gasteiger partial charge is 0.454 e. The van der Waals surface area contributed by atoms with Gasteiger partial charge in [-0.25, -0.2) is 4.98 Å². The van der Waals surface area contributed by atoms with Gasteiger partial charge in [-0.3, -0.25) is 4.79 Å². The molecule has 0 radical (unpaired) electrons. The minimum atomic E-state index is -0.349. The molecule has 0 saturated heterocycles. The highest BCUT2D eigenvalue weighted by molar-refractivity contribution is 7.14. The van der Waals surface area contributed by atoms with Gasteiger partial charge < -0.3 is 20.1 Å². The zero-order chi connectivity index (χ0) is 18.1. The maximum Gasteiger partial charge on any atom is 0.275 e. The number of anilines is 3. The maximum absolute atomic E-state index is 12.3. The number of fused-ring (bicyclic) bond motifs is 1. The first-order valence-corrected chi connectivity index (χ1v) is 9.10. The van der Waals surface area contributed by atoms with E-state index >= 15 is 0 Å². The van der Waals surface area contributed by atoms with Crippen LogP contribution in [0.25, 0.3) is 0 Å². The zero-order valence-electron chi connectivity index (χ0n) is 13.1. The number of ether oxygens (including phenoxy) is 2. The maximum atomic E-state index is 12.3. The number of carbonyl (C=O) groups is 1. The summed E-state index contributed by atoms with van der Waals surface area (Å²) < 4.78 is 10.6. The second-order valence-electron chi connectivity index (χ2n) is 5.34. The topological polar surface area (TPSA) is 72.5 Å². The number of benzene rings is 2. The fourth-order valence-corrected chi connectivity index (χ4v) is 3.59. The number of amides is 1. The van der Waals surface area contributed by atoms with Gasteiger partial charge in [-0.1, -0.05) is 23.2 Å². The van der Waals surface area contributed by atoms with Gasteiger partial charge in [-0.2, -0.15) is 0 Å². The summed E-state index contributed by atoms with van der Waals surface area (Å²) in [5.41, 5.74) is 1.58. The highest BCUT2D eigenvalue weighted by Crippen LogP contribution is 2.35. The average molecular weight is 408 g/mol. The van der Waals surface area contributed by atoms with Crippen molar-refractivity contribution in [2.45, 2.75) is 0 Å². The molecule has 4 rings (SSSR count). The Morgan fingerprint density at radius 3 is 2.62 bits per heavy atom. The van der Waals surface area contributed by atoms with E-state index < -0.39 is 0 Å². The number of rotatable bonds is 4. The average Bonchev–Trinajstić information content (AvgIpc) is 3.22. The van der Waals surface area contributed by atoms with Crippen molar-refractivity contribution < 1.29 is 14.3 Å². The number of halogens is 2. The smallest absolute Gasteiger partial charge is 0.275 e. The van der Waals surface area contributed by atoms with Gasteiger partial charge in [-0.15, -0.1) is 11.3 Å². The molecule has 0 aliphatic carbocycles. The lowest BCUT2D eigenvalue weighted by atomic mass is 10.3. The van der Waals surface area contributed by atoms with Gasteiger partial charge in [0.2, 0.25) is 6.79 Å². The quantitative estimate of drug-likeness (QED) is 0.623. The Morgan fingerprint density at radius 1 is 1.04 bits per heavy atom. The molecule has 1 aliphatic rings. The summed E-state index contributed by atoms with van der Waals surface area (Å²) in [6.45, 7) is 0.216. The number of carbonyl (C=O) groups excluding carboxylic acids is 1. The van der Waals surface area contributed by atoms with Crippen LogP contribution in [0.3, 0.4) is 0 Å². The number of nitrogens with one attached hydrogen (secondary N) is 2. The van der Waals surface area contributed by atoms with Gasteiger partial charge in [0.15, 0.2) is 16.6 Å². The molecule has 1 amide bonds. The Hall–Kier alpha value is -2.48. The molecule has 0 atom stereocenters. The zero-order valence-corrected chi connectivity index (χ0v) is 15.4. The van der Waals surface area contributed by atoms with Gasteiger partial charge in [0, 0.05) is 32.9 Å². The second kappa shape index (κ2) is 7.03. The predicted octanol–water partition coefficient (Wildman–Crippen LogP) is 5.17. The summed E-state index contributed by atoms with van der Waals surface area (Å²) in [4.78, 5) is 16.6. The van der Waals surface area contributed by atoms with Crippen LogP contribution < -0.4 is 20.1 Å². The van der Waals surface area contributed by atoms with Crippen molar-refractivity contribution in [3.63, 3.8) is 0 Å². The van der Waals surface area contributed by atoms with E-state index in [0.717, 1.165) is 5.69 Å². The summed E-state index contributed by atoms with van der Waals surface area (Å²) >= 11 is 13.2. The first-order valence-electron chi connectivity index (χ1n) is 7.46. The van der Waals surface area contributed by atoms with Crippen LogP contribution in [-0.2, 0) is 0 Å². The van der Waals surface area contributed by atoms with Gasteiger partial charge in [0.05, 0.1) is 0 Å². The molecule has 0 fully saturated rings. The van der Waals surface area contributed by atoms with Crippen LogP contribution in [0.4, 0.5) is 16.5 Å². The van der Waals surface area contributed by atoms with Crippen molar-refractivity contribution >= 4 is 57.0 Å². The molecule has 9 heteroatoms. The molecule has 2 heterocycles. The number of nitrogens with zero attached hydrogens (tertiary/aromatic N) is 1. The van der Waals surface area contributed by atoms with Crippen LogP contribution in [0.2, 0.25) is 10.0 Å². The number of hydrogen-bond donors (Lipinski definition) is 2. The lowest BCUT2D eigenvalue weighted by Crippen LogP contribution is -2.12. The SMILES string of the molecule is O=C(Nc1cc(Cl)cc(Cl)c1)c1csc(Nc2ccc3c(c2)OCO3)n1. The normalized spacial score (nSPS) is 12.1. The molecular weight excluding hydrogens is 397 g/mol. The van der Waals surface area contributed by atoms with E-state index in [1.807, 2.05) is 18.2 Å². The van der Waals surface area contributed by atoms with Gasteiger partial charge in [0.1, 0.15) is 5.69 Å². The first kappa shape index (κ1) is 17.0. The number of hydrogen-bond acceptors (Lipinski definition) is 6. The van der Waals surface area contributed by atoms with E-state index in [9.17, 15) is 4.79 Å². The molecule has 2 N–H and O–H groups in total. The fourth-order valence-electron chi connectivity index (χ4n) is 2.35. The molecule has 0 bridgehead atoms.